The lowest BCUT2D eigenvalue weighted by atomic mass is 10.1. The van der Waals surface area contributed by atoms with E-state index in [0.29, 0.717) is 24.6 Å². The molecule has 0 spiro atoms. The molecule has 1 unspecified atom stereocenters. The molecule has 0 aliphatic rings. The highest BCUT2D eigenvalue weighted by molar-refractivity contribution is 5.30. The third-order valence-corrected chi connectivity index (χ3v) is 3.19. The molecule has 0 radical (unpaired) electrons. The summed E-state index contributed by atoms with van der Waals surface area (Å²) >= 11 is 0. The summed E-state index contributed by atoms with van der Waals surface area (Å²) in [6.45, 7) is 6.21. The van der Waals surface area contributed by atoms with Gasteiger partial charge in [-0.05, 0) is 25.8 Å². The molecule has 0 saturated heterocycles. The van der Waals surface area contributed by atoms with Gasteiger partial charge in [-0.2, -0.15) is 4.98 Å². The van der Waals surface area contributed by atoms with E-state index in [-0.39, 0.29) is 0 Å². The highest BCUT2D eigenvalue weighted by Gasteiger charge is 2.12. The first-order valence-electron chi connectivity index (χ1n) is 7.13. The van der Waals surface area contributed by atoms with Gasteiger partial charge < -0.3 is 9.63 Å². The SMILES string of the molecule is CCCC(O)Cc1nc(Cc2cc(C)cc(C)c2)no1. The number of aliphatic hydroxyl groups is 1. The maximum atomic E-state index is 9.75. The average Bonchev–Trinajstić information content (AvgIpc) is 2.75. The summed E-state index contributed by atoms with van der Waals surface area (Å²) in [6, 6.07) is 6.41. The van der Waals surface area contributed by atoms with E-state index < -0.39 is 6.10 Å². The minimum Gasteiger partial charge on any atom is -0.393 e. The number of aromatic nitrogens is 2. The molecule has 0 fully saturated rings. The maximum absolute atomic E-state index is 9.75. The van der Waals surface area contributed by atoms with Crippen molar-refractivity contribution in [3.8, 4) is 0 Å². The van der Waals surface area contributed by atoms with E-state index in [1.54, 1.807) is 0 Å². The normalized spacial score (nSPS) is 12.6. The summed E-state index contributed by atoms with van der Waals surface area (Å²) in [5.74, 6) is 1.19. The van der Waals surface area contributed by atoms with Crippen LogP contribution in [-0.2, 0) is 12.8 Å². The molecule has 1 aromatic carbocycles. The molecule has 2 rings (SSSR count). The fourth-order valence-electron chi connectivity index (χ4n) is 2.44. The van der Waals surface area contributed by atoms with Crippen molar-refractivity contribution >= 4 is 0 Å². The molecule has 1 N–H and O–H groups in total. The average molecular weight is 274 g/mol. The van der Waals surface area contributed by atoms with Crippen molar-refractivity contribution in [2.75, 3.05) is 0 Å². The Kier molecular flexibility index (Phi) is 4.90. The molecule has 0 aliphatic heterocycles. The van der Waals surface area contributed by atoms with Crippen LogP contribution in [-0.4, -0.2) is 21.4 Å². The Labute approximate surface area is 119 Å². The number of hydrogen-bond acceptors (Lipinski definition) is 4. The van der Waals surface area contributed by atoms with Crippen LogP contribution in [0.2, 0.25) is 0 Å². The standard InChI is InChI=1S/C16H22N2O2/c1-4-5-14(19)10-16-17-15(18-20-16)9-13-7-11(2)6-12(3)8-13/h6-8,14,19H,4-5,9-10H2,1-3H3. The predicted molar refractivity (Wildman–Crippen MR) is 77.6 cm³/mol. The van der Waals surface area contributed by atoms with E-state index in [0.717, 1.165) is 12.8 Å². The number of benzene rings is 1. The first-order valence-corrected chi connectivity index (χ1v) is 7.13. The Morgan fingerprint density at radius 2 is 1.90 bits per heavy atom. The van der Waals surface area contributed by atoms with Gasteiger partial charge in [-0.3, -0.25) is 0 Å². The van der Waals surface area contributed by atoms with Gasteiger partial charge >= 0.3 is 0 Å². The van der Waals surface area contributed by atoms with Crippen molar-refractivity contribution in [3.63, 3.8) is 0 Å². The van der Waals surface area contributed by atoms with Crippen LogP contribution in [0.5, 0.6) is 0 Å². The molecular formula is C16H22N2O2. The molecule has 1 heterocycles. The molecule has 20 heavy (non-hydrogen) atoms. The van der Waals surface area contributed by atoms with Crippen LogP contribution >= 0.6 is 0 Å². The summed E-state index contributed by atoms with van der Waals surface area (Å²) in [5.41, 5.74) is 3.66. The van der Waals surface area contributed by atoms with Gasteiger partial charge in [0.1, 0.15) is 0 Å². The minimum atomic E-state index is -0.394. The number of rotatable bonds is 6. The molecule has 0 bridgehead atoms. The van der Waals surface area contributed by atoms with Crippen LogP contribution in [0.15, 0.2) is 22.7 Å². The fraction of sp³-hybridized carbons (Fsp3) is 0.500. The summed E-state index contributed by atoms with van der Waals surface area (Å²) < 4.78 is 5.19. The van der Waals surface area contributed by atoms with Gasteiger partial charge in [0.15, 0.2) is 5.82 Å². The summed E-state index contributed by atoms with van der Waals surface area (Å²) in [7, 11) is 0. The molecular weight excluding hydrogens is 252 g/mol. The van der Waals surface area contributed by atoms with Crippen LogP contribution in [0.4, 0.5) is 0 Å². The molecule has 0 saturated carbocycles. The highest BCUT2D eigenvalue weighted by Crippen LogP contribution is 2.13. The lowest BCUT2D eigenvalue weighted by molar-refractivity contribution is 0.151. The maximum Gasteiger partial charge on any atom is 0.229 e. The zero-order chi connectivity index (χ0) is 14.5. The molecule has 1 aromatic heterocycles. The first-order chi connectivity index (χ1) is 9.56. The van der Waals surface area contributed by atoms with Crippen molar-refractivity contribution in [2.24, 2.45) is 0 Å². The number of aliphatic hydroxyl groups excluding tert-OH is 1. The van der Waals surface area contributed by atoms with Gasteiger partial charge in [0.2, 0.25) is 5.89 Å². The Hall–Kier alpha value is -1.68. The van der Waals surface area contributed by atoms with Gasteiger partial charge in [-0.25, -0.2) is 0 Å². The van der Waals surface area contributed by atoms with Crippen molar-refractivity contribution < 1.29 is 9.63 Å². The Morgan fingerprint density at radius 3 is 2.55 bits per heavy atom. The highest BCUT2D eigenvalue weighted by atomic mass is 16.5. The van der Waals surface area contributed by atoms with Gasteiger partial charge in [0, 0.05) is 6.42 Å². The van der Waals surface area contributed by atoms with E-state index in [1.165, 1.54) is 16.7 Å². The second-order valence-corrected chi connectivity index (χ2v) is 5.42. The summed E-state index contributed by atoms with van der Waals surface area (Å²) in [5, 5.41) is 13.7. The first kappa shape index (κ1) is 14.7. The van der Waals surface area contributed by atoms with E-state index in [2.05, 4.69) is 42.2 Å². The lowest BCUT2D eigenvalue weighted by Crippen LogP contribution is -2.09. The second-order valence-electron chi connectivity index (χ2n) is 5.42. The van der Waals surface area contributed by atoms with Crippen LogP contribution < -0.4 is 0 Å². The lowest BCUT2D eigenvalue weighted by Gasteiger charge is -2.04. The number of nitrogens with zero attached hydrogens (tertiary/aromatic N) is 2. The van der Waals surface area contributed by atoms with Crippen molar-refractivity contribution in [1.82, 2.24) is 10.1 Å². The third-order valence-electron chi connectivity index (χ3n) is 3.19. The van der Waals surface area contributed by atoms with Crippen LogP contribution in [0.3, 0.4) is 0 Å². The third kappa shape index (κ3) is 4.17. The van der Waals surface area contributed by atoms with Crippen LogP contribution in [0, 0.1) is 13.8 Å². The molecule has 4 heteroatoms. The van der Waals surface area contributed by atoms with Crippen molar-refractivity contribution in [2.45, 2.75) is 52.6 Å². The Balaban J connectivity index is 2.02. The monoisotopic (exact) mass is 274 g/mol. The molecule has 0 aliphatic carbocycles. The van der Waals surface area contributed by atoms with Crippen LogP contribution in [0.25, 0.3) is 0 Å². The Bertz CT molecular complexity index is 543. The molecule has 4 nitrogen and oxygen atoms in total. The van der Waals surface area contributed by atoms with Gasteiger partial charge in [0.25, 0.3) is 0 Å². The zero-order valence-corrected chi connectivity index (χ0v) is 12.4. The van der Waals surface area contributed by atoms with Gasteiger partial charge in [-0.15, -0.1) is 0 Å². The zero-order valence-electron chi connectivity index (χ0n) is 12.4. The number of hydrogen-bond donors (Lipinski definition) is 1. The van der Waals surface area contributed by atoms with E-state index >= 15 is 0 Å². The summed E-state index contributed by atoms with van der Waals surface area (Å²) in [6.07, 6.45) is 2.41. The molecule has 1 atom stereocenters. The van der Waals surface area contributed by atoms with Crippen LogP contribution in [0.1, 0.15) is 48.2 Å². The van der Waals surface area contributed by atoms with Crippen molar-refractivity contribution in [1.29, 1.82) is 0 Å². The Morgan fingerprint density at radius 1 is 1.20 bits per heavy atom. The fourth-order valence-corrected chi connectivity index (χ4v) is 2.44. The molecule has 2 aromatic rings. The quantitative estimate of drug-likeness (QED) is 0.879. The van der Waals surface area contributed by atoms with E-state index in [1.807, 2.05) is 6.92 Å². The second kappa shape index (κ2) is 6.66. The topological polar surface area (TPSA) is 59.2 Å². The van der Waals surface area contributed by atoms with Crippen molar-refractivity contribution in [3.05, 3.63) is 46.6 Å². The van der Waals surface area contributed by atoms with Gasteiger partial charge in [-0.1, -0.05) is 47.8 Å². The predicted octanol–water partition coefficient (Wildman–Crippen LogP) is 2.98. The number of aryl methyl sites for hydroxylation is 2. The molecule has 108 valence electrons. The van der Waals surface area contributed by atoms with E-state index in [9.17, 15) is 5.11 Å². The molecule has 0 amide bonds. The summed E-state index contributed by atoms with van der Waals surface area (Å²) in [4.78, 5) is 4.35. The smallest absolute Gasteiger partial charge is 0.229 e. The minimum absolute atomic E-state index is 0.394. The largest absolute Gasteiger partial charge is 0.393 e. The van der Waals surface area contributed by atoms with Gasteiger partial charge in [0.05, 0.1) is 12.5 Å². The van der Waals surface area contributed by atoms with E-state index in [4.69, 9.17) is 4.52 Å².